The highest BCUT2D eigenvalue weighted by Gasteiger charge is 2.09. The first-order valence-corrected chi connectivity index (χ1v) is 7.13. The number of hydrogen-bond donors (Lipinski definition) is 3. The summed E-state index contributed by atoms with van der Waals surface area (Å²) >= 11 is 0. The molecular formula is C16H20N2O3. The number of H-pyrrole nitrogens is 1. The van der Waals surface area contributed by atoms with E-state index in [-0.39, 0.29) is 29.6 Å². The molecule has 0 radical (unpaired) electrons. The van der Waals surface area contributed by atoms with Gasteiger partial charge < -0.3 is 15.4 Å². The van der Waals surface area contributed by atoms with Crippen LogP contribution in [0.2, 0.25) is 0 Å². The molecule has 0 saturated carbocycles. The molecule has 112 valence electrons. The van der Waals surface area contributed by atoms with Gasteiger partial charge in [0, 0.05) is 30.1 Å². The van der Waals surface area contributed by atoms with Crippen LogP contribution in [0.15, 0.2) is 35.1 Å². The number of pyridine rings is 1. The molecule has 0 bridgehead atoms. The summed E-state index contributed by atoms with van der Waals surface area (Å²) in [5.41, 5.74) is 0.765. The second-order valence-corrected chi connectivity index (χ2v) is 5.28. The zero-order valence-electron chi connectivity index (χ0n) is 12.1. The average molecular weight is 288 g/mol. The van der Waals surface area contributed by atoms with Gasteiger partial charge in [-0.1, -0.05) is 19.1 Å². The van der Waals surface area contributed by atoms with E-state index in [4.69, 9.17) is 5.11 Å². The Hall–Kier alpha value is -2.14. The first kappa shape index (κ1) is 15.3. The highest BCUT2D eigenvalue weighted by atomic mass is 16.3. The Morgan fingerprint density at radius 3 is 2.90 bits per heavy atom. The van der Waals surface area contributed by atoms with Gasteiger partial charge in [-0.05, 0) is 30.9 Å². The van der Waals surface area contributed by atoms with Crippen molar-refractivity contribution in [1.29, 1.82) is 0 Å². The molecule has 2 rings (SSSR count). The summed E-state index contributed by atoms with van der Waals surface area (Å²) in [7, 11) is 0. The van der Waals surface area contributed by atoms with Gasteiger partial charge >= 0.3 is 0 Å². The number of aliphatic hydroxyl groups is 1. The van der Waals surface area contributed by atoms with Crippen LogP contribution >= 0.6 is 0 Å². The van der Waals surface area contributed by atoms with Crippen molar-refractivity contribution in [1.82, 2.24) is 10.3 Å². The van der Waals surface area contributed by atoms with Crippen LogP contribution in [0.1, 0.15) is 30.3 Å². The number of aliphatic hydroxyl groups excluding tert-OH is 1. The Morgan fingerprint density at radius 1 is 1.38 bits per heavy atom. The first-order valence-electron chi connectivity index (χ1n) is 7.13. The van der Waals surface area contributed by atoms with Crippen LogP contribution in [0.3, 0.4) is 0 Å². The Balaban J connectivity index is 2.01. The van der Waals surface area contributed by atoms with Crippen molar-refractivity contribution in [3.63, 3.8) is 0 Å². The molecule has 1 amide bonds. The number of amides is 1. The number of carbonyl (C=O) groups is 1. The number of para-hydroxylation sites is 1. The lowest BCUT2D eigenvalue weighted by molar-refractivity contribution is 0.0947. The monoisotopic (exact) mass is 288 g/mol. The summed E-state index contributed by atoms with van der Waals surface area (Å²) < 4.78 is 0. The standard InChI is InChI=1S/C16H20N2O3/c1-11(10-19)5-4-8-17-16(21)14-9-15(20)12-6-2-3-7-13(12)18-14/h2-3,6-7,9,11,19H,4-5,8,10H2,1H3,(H,17,21)(H,18,20). The molecule has 0 aliphatic carbocycles. The van der Waals surface area contributed by atoms with Crippen LogP contribution in [-0.4, -0.2) is 29.1 Å². The Labute approximate surface area is 123 Å². The number of fused-ring (bicyclic) bond motifs is 1. The van der Waals surface area contributed by atoms with Crippen molar-refractivity contribution in [3.8, 4) is 0 Å². The van der Waals surface area contributed by atoms with E-state index >= 15 is 0 Å². The molecule has 1 unspecified atom stereocenters. The van der Waals surface area contributed by atoms with E-state index in [2.05, 4.69) is 10.3 Å². The van der Waals surface area contributed by atoms with E-state index in [1.165, 1.54) is 6.07 Å². The third kappa shape index (κ3) is 3.92. The van der Waals surface area contributed by atoms with Gasteiger partial charge in [-0.2, -0.15) is 0 Å². The van der Waals surface area contributed by atoms with Crippen LogP contribution in [-0.2, 0) is 0 Å². The minimum absolute atomic E-state index is 0.159. The molecular weight excluding hydrogens is 268 g/mol. The number of carbonyl (C=O) groups excluding carboxylic acids is 1. The van der Waals surface area contributed by atoms with Crippen LogP contribution in [0.25, 0.3) is 10.9 Å². The van der Waals surface area contributed by atoms with E-state index in [0.717, 1.165) is 12.8 Å². The fourth-order valence-corrected chi connectivity index (χ4v) is 2.16. The zero-order valence-corrected chi connectivity index (χ0v) is 12.1. The van der Waals surface area contributed by atoms with E-state index < -0.39 is 0 Å². The zero-order chi connectivity index (χ0) is 15.2. The molecule has 21 heavy (non-hydrogen) atoms. The SMILES string of the molecule is CC(CO)CCCNC(=O)c1cc(=O)c2ccccc2[nH]1. The third-order valence-corrected chi connectivity index (χ3v) is 3.45. The summed E-state index contributed by atoms with van der Waals surface area (Å²) in [5.74, 6) is -0.0446. The first-order chi connectivity index (χ1) is 10.1. The molecule has 1 aromatic heterocycles. The van der Waals surface area contributed by atoms with Gasteiger partial charge in [-0.15, -0.1) is 0 Å². The second kappa shape index (κ2) is 7.04. The molecule has 1 atom stereocenters. The van der Waals surface area contributed by atoms with Gasteiger partial charge in [0.05, 0.1) is 0 Å². The van der Waals surface area contributed by atoms with Crippen molar-refractivity contribution < 1.29 is 9.90 Å². The molecule has 0 spiro atoms. The minimum atomic E-state index is -0.283. The minimum Gasteiger partial charge on any atom is -0.396 e. The highest BCUT2D eigenvalue weighted by molar-refractivity contribution is 5.94. The van der Waals surface area contributed by atoms with Gasteiger partial charge in [-0.3, -0.25) is 9.59 Å². The van der Waals surface area contributed by atoms with Gasteiger partial charge in [0.1, 0.15) is 5.69 Å². The van der Waals surface area contributed by atoms with Crippen LogP contribution in [0, 0.1) is 5.92 Å². The van der Waals surface area contributed by atoms with Crippen molar-refractivity contribution >= 4 is 16.8 Å². The number of rotatable bonds is 6. The van der Waals surface area contributed by atoms with Crippen molar-refractivity contribution in [3.05, 3.63) is 46.2 Å². The Bertz CT molecular complexity index is 679. The van der Waals surface area contributed by atoms with Crippen LogP contribution in [0.5, 0.6) is 0 Å². The van der Waals surface area contributed by atoms with E-state index in [0.29, 0.717) is 17.4 Å². The number of nitrogens with one attached hydrogen (secondary N) is 2. The molecule has 3 N–H and O–H groups in total. The summed E-state index contributed by atoms with van der Waals surface area (Å²) in [5, 5.41) is 12.3. The summed E-state index contributed by atoms with van der Waals surface area (Å²) in [4.78, 5) is 26.9. The summed E-state index contributed by atoms with van der Waals surface area (Å²) in [6.07, 6.45) is 1.65. The van der Waals surface area contributed by atoms with Crippen LogP contribution < -0.4 is 10.7 Å². The molecule has 1 aromatic carbocycles. The van der Waals surface area contributed by atoms with Crippen molar-refractivity contribution in [2.75, 3.05) is 13.2 Å². The molecule has 0 saturated heterocycles. The molecule has 1 heterocycles. The van der Waals surface area contributed by atoms with E-state index in [1.54, 1.807) is 18.2 Å². The fourth-order valence-electron chi connectivity index (χ4n) is 2.16. The maximum Gasteiger partial charge on any atom is 0.267 e. The van der Waals surface area contributed by atoms with Crippen LogP contribution in [0.4, 0.5) is 0 Å². The van der Waals surface area contributed by atoms with Gasteiger partial charge in [0.2, 0.25) is 0 Å². The summed E-state index contributed by atoms with van der Waals surface area (Å²) in [6, 6.07) is 8.44. The highest BCUT2D eigenvalue weighted by Crippen LogP contribution is 2.07. The molecule has 5 heteroatoms. The fraction of sp³-hybridized carbons (Fsp3) is 0.375. The predicted octanol–water partition coefficient (Wildman–Crippen LogP) is 1.67. The Kier molecular flexibility index (Phi) is 5.11. The largest absolute Gasteiger partial charge is 0.396 e. The van der Waals surface area contributed by atoms with Gasteiger partial charge in [0.25, 0.3) is 5.91 Å². The molecule has 0 fully saturated rings. The number of aromatic amines is 1. The number of benzene rings is 1. The molecule has 0 aliphatic rings. The maximum atomic E-state index is 12.0. The Morgan fingerprint density at radius 2 is 2.14 bits per heavy atom. The molecule has 2 aromatic rings. The molecule has 0 aliphatic heterocycles. The lowest BCUT2D eigenvalue weighted by atomic mass is 10.1. The molecule has 5 nitrogen and oxygen atoms in total. The third-order valence-electron chi connectivity index (χ3n) is 3.45. The average Bonchev–Trinajstić information content (AvgIpc) is 2.51. The number of hydrogen-bond acceptors (Lipinski definition) is 3. The predicted molar refractivity (Wildman–Crippen MR) is 82.4 cm³/mol. The quantitative estimate of drug-likeness (QED) is 0.707. The van der Waals surface area contributed by atoms with E-state index in [1.807, 2.05) is 13.0 Å². The lowest BCUT2D eigenvalue weighted by Gasteiger charge is -2.09. The summed E-state index contributed by atoms with van der Waals surface area (Å²) in [6.45, 7) is 2.65. The second-order valence-electron chi connectivity index (χ2n) is 5.28. The smallest absolute Gasteiger partial charge is 0.267 e. The van der Waals surface area contributed by atoms with E-state index in [9.17, 15) is 9.59 Å². The van der Waals surface area contributed by atoms with Gasteiger partial charge in [0.15, 0.2) is 5.43 Å². The van der Waals surface area contributed by atoms with Crippen molar-refractivity contribution in [2.45, 2.75) is 19.8 Å². The maximum absolute atomic E-state index is 12.0. The lowest BCUT2D eigenvalue weighted by Crippen LogP contribution is -2.27. The van der Waals surface area contributed by atoms with Crippen molar-refractivity contribution in [2.24, 2.45) is 5.92 Å². The normalized spacial score (nSPS) is 12.3. The van der Waals surface area contributed by atoms with Gasteiger partial charge in [-0.25, -0.2) is 0 Å². The topological polar surface area (TPSA) is 82.2 Å². The number of aromatic nitrogens is 1.